The molecule has 0 aliphatic carbocycles. The Morgan fingerprint density at radius 2 is 2.19 bits per heavy atom. The number of para-hydroxylation sites is 1. The highest BCUT2D eigenvalue weighted by Crippen LogP contribution is 2.21. The van der Waals surface area contributed by atoms with Crippen LogP contribution in [0.1, 0.15) is 12.0 Å². The van der Waals surface area contributed by atoms with Gasteiger partial charge in [-0.15, -0.1) is 5.10 Å². The standard InChI is InChI=1S/C18H22N6O2S/c1-24(14-7-9-27(25,26)12-14)17-11-21-23-18(22-17)19-8-6-13-10-20-16-5-3-2-4-15(13)16/h2-5,10-11,14,20H,6-9,12H2,1H3,(H,19,22,23). The SMILES string of the molecule is CN(c1cnnc(NCCc2c[nH]c3ccccc23)n1)C1CCS(=O)(=O)C1. The van der Waals surface area contributed by atoms with Crippen molar-refractivity contribution in [3.63, 3.8) is 0 Å². The molecule has 1 aromatic carbocycles. The molecule has 3 heterocycles. The average Bonchev–Trinajstić information content (AvgIpc) is 3.25. The van der Waals surface area contributed by atoms with Gasteiger partial charge in [0.05, 0.1) is 17.7 Å². The van der Waals surface area contributed by atoms with Gasteiger partial charge in [0.2, 0.25) is 5.95 Å². The van der Waals surface area contributed by atoms with Gasteiger partial charge in [-0.3, -0.25) is 0 Å². The van der Waals surface area contributed by atoms with Crippen LogP contribution in [0, 0.1) is 0 Å². The number of aromatic amines is 1. The third-order valence-electron chi connectivity index (χ3n) is 5.02. The molecular weight excluding hydrogens is 364 g/mol. The maximum absolute atomic E-state index is 11.7. The van der Waals surface area contributed by atoms with Crippen molar-refractivity contribution < 1.29 is 8.42 Å². The Morgan fingerprint density at radius 3 is 3.00 bits per heavy atom. The number of aromatic nitrogens is 4. The maximum atomic E-state index is 11.7. The minimum Gasteiger partial charge on any atom is -0.361 e. The molecule has 3 aromatic rings. The fourth-order valence-electron chi connectivity index (χ4n) is 3.46. The molecule has 27 heavy (non-hydrogen) atoms. The Balaban J connectivity index is 1.39. The fraction of sp³-hybridized carbons (Fsp3) is 0.389. The van der Waals surface area contributed by atoms with E-state index in [0.29, 0.717) is 24.7 Å². The largest absolute Gasteiger partial charge is 0.361 e. The Bertz CT molecular complexity index is 1050. The summed E-state index contributed by atoms with van der Waals surface area (Å²) in [5.74, 6) is 1.47. The monoisotopic (exact) mass is 386 g/mol. The Labute approximate surface area is 157 Å². The van der Waals surface area contributed by atoms with E-state index in [9.17, 15) is 8.42 Å². The number of sulfone groups is 1. The molecule has 1 fully saturated rings. The van der Waals surface area contributed by atoms with Gasteiger partial charge in [-0.1, -0.05) is 18.2 Å². The van der Waals surface area contributed by atoms with Gasteiger partial charge in [0.25, 0.3) is 0 Å². The van der Waals surface area contributed by atoms with Crippen molar-refractivity contribution in [2.24, 2.45) is 0 Å². The predicted octanol–water partition coefficient (Wildman–Crippen LogP) is 1.63. The highest BCUT2D eigenvalue weighted by atomic mass is 32.2. The number of H-pyrrole nitrogens is 1. The molecule has 1 saturated heterocycles. The van der Waals surface area contributed by atoms with Crippen molar-refractivity contribution in [2.75, 3.05) is 35.3 Å². The first-order chi connectivity index (χ1) is 13.0. The molecule has 8 nitrogen and oxygen atoms in total. The maximum Gasteiger partial charge on any atom is 0.244 e. The van der Waals surface area contributed by atoms with Gasteiger partial charge in [-0.05, 0) is 24.5 Å². The van der Waals surface area contributed by atoms with Crippen LogP contribution in [0.25, 0.3) is 10.9 Å². The number of hydrogen-bond acceptors (Lipinski definition) is 7. The first kappa shape index (κ1) is 17.7. The van der Waals surface area contributed by atoms with E-state index in [0.717, 1.165) is 11.9 Å². The normalized spacial score (nSPS) is 18.6. The molecule has 9 heteroatoms. The lowest BCUT2D eigenvalue weighted by Crippen LogP contribution is -2.33. The van der Waals surface area contributed by atoms with E-state index < -0.39 is 9.84 Å². The highest BCUT2D eigenvalue weighted by molar-refractivity contribution is 7.91. The van der Waals surface area contributed by atoms with Gasteiger partial charge in [0, 0.05) is 36.7 Å². The van der Waals surface area contributed by atoms with Gasteiger partial charge in [-0.2, -0.15) is 10.1 Å². The van der Waals surface area contributed by atoms with E-state index in [4.69, 9.17) is 0 Å². The molecule has 1 aliphatic rings. The summed E-state index contributed by atoms with van der Waals surface area (Å²) in [6, 6.07) is 8.14. The summed E-state index contributed by atoms with van der Waals surface area (Å²) in [5, 5.41) is 12.5. The van der Waals surface area contributed by atoms with E-state index in [2.05, 4.69) is 37.6 Å². The van der Waals surface area contributed by atoms with E-state index in [1.807, 2.05) is 30.3 Å². The lowest BCUT2D eigenvalue weighted by atomic mass is 10.1. The third-order valence-corrected chi connectivity index (χ3v) is 6.77. The molecule has 1 aliphatic heterocycles. The van der Waals surface area contributed by atoms with Crippen LogP contribution < -0.4 is 10.2 Å². The topological polar surface area (TPSA) is 104 Å². The van der Waals surface area contributed by atoms with Gasteiger partial charge < -0.3 is 15.2 Å². The predicted molar refractivity (Wildman–Crippen MR) is 106 cm³/mol. The molecule has 0 saturated carbocycles. The van der Waals surface area contributed by atoms with Gasteiger partial charge in [-0.25, -0.2) is 8.42 Å². The van der Waals surface area contributed by atoms with E-state index in [-0.39, 0.29) is 17.5 Å². The van der Waals surface area contributed by atoms with Gasteiger partial charge >= 0.3 is 0 Å². The number of hydrogen-bond donors (Lipinski definition) is 2. The zero-order valence-electron chi connectivity index (χ0n) is 15.1. The Morgan fingerprint density at radius 1 is 1.33 bits per heavy atom. The molecular formula is C18H22N6O2S. The molecule has 0 spiro atoms. The van der Waals surface area contributed by atoms with Crippen molar-refractivity contribution in [3.05, 3.63) is 42.2 Å². The molecule has 0 bridgehead atoms. The van der Waals surface area contributed by atoms with Crippen molar-refractivity contribution in [2.45, 2.75) is 18.9 Å². The molecule has 0 radical (unpaired) electrons. The summed E-state index contributed by atoms with van der Waals surface area (Å²) in [4.78, 5) is 9.64. The van der Waals surface area contributed by atoms with Crippen LogP contribution in [0.3, 0.4) is 0 Å². The van der Waals surface area contributed by atoms with Crippen LogP contribution in [-0.2, 0) is 16.3 Å². The third kappa shape index (κ3) is 3.87. The van der Waals surface area contributed by atoms with Crippen molar-refractivity contribution in [3.8, 4) is 0 Å². The summed E-state index contributed by atoms with van der Waals surface area (Å²) in [7, 11) is -1.09. The summed E-state index contributed by atoms with van der Waals surface area (Å²) in [5.41, 5.74) is 2.36. The Kier molecular flexibility index (Phi) is 4.69. The number of nitrogens with zero attached hydrogens (tertiary/aromatic N) is 4. The zero-order chi connectivity index (χ0) is 18.9. The molecule has 0 amide bonds. The second-order valence-electron chi connectivity index (χ2n) is 6.84. The summed E-state index contributed by atoms with van der Waals surface area (Å²) in [6.07, 6.45) is 5.03. The van der Waals surface area contributed by atoms with Crippen LogP contribution in [-0.4, -0.2) is 59.7 Å². The summed E-state index contributed by atoms with van der Waals surface area (Å²) in [6.45, 7) is 0.675. The average molecular weight is 386 g/mol. The molecule has 2 aromatic heterocycles. The summed E-state index contributed by atoms with van der Waals surface area (Å²) >= 11 is 0. The van der Waals surface area contributed by atoms with Gasteiger partial charge in [0.1, 0.15) is 0 Å². The number of rotatable bonds is 6. The number of nitrogens with one attached hydrogen (secondary N) is 2. The molecule has 4 rings (SSSR count). The molecule has 1 unspecified atom stereocenters. The molecule has 2 N–H and O–H groups in total. The first-order valence-electron chi connectivity index (χ1n) is 8.94. The Hall–Kier alpha value is -2.68. The van der Waals surface area contributed by atoms with Crippen LogP contribution in [0.5, 0.6) is 0 Å². The van der Waals surface area contributed by atoms with Gasteiger partial charge in [0.15, 0.2) is 15.7 Å². The first-order valence-corrected chi connectivity index (χ1v) is 10.8. The lowest BCUT2D eigenvalue weighted by molar-refractivity contribution is 0.600. The number of fused-ring (bicyclic) bond motifs is 1. The van der Waals surface area contributed by atoms with Crippen molar-refractivity contribution in [1.29, 1.82) is 0 Å². The van der Waals surface area contributed by atoms with E-state index in [1.165, 1.54) is 10.9 Å². The van der Waals surface area contributed by atoms with Crippen molar-refractivity contribution in [1.82, 2.24) is 20.2 Å². The quantitative estimate of drug-likeness (QED) is 0.663. The number of anilines is 2. The van der Waals surface area contributed by atoms with Crippen LogP contribution in [0.15, 0.2) is 36.7 Å². The minimum absolute atomic E-state index is 0.0641. The van der Waals surface area contributed by atoms with Crippen LogP contribution in [0.4, 0.5) is 11.8 Å². The lowest BCUT2D eigenvalue weighted by Gasteiger charge is -2.24. The second-order valence-corrected chi connectivity index (χ2v) is 9.07. The van der Waals surface area contributed by atoms with E-state index >= 15 is 0 Å². The second kappa shape index (κ2) is 7.15. The van der Waals surface area contributed by atoms with Crippen LogP contribution >= 0.6 is 0 Å². The highest BCUT2D eigenvalue weighted by Gasteiger charge is 2.31. The molecule has 1 atom stereocenters. The molecule has 142 valence electrons. The minimum atomic E-state index is -2.94. The smallest absolute Gasteiger partial charge is 0.244 e. The summed E-state index contributed by atoms with van der Waals surface area (Å²) < 4.78 is 23.4. The fourth-order valence-corrected chi connectivity index (χ4v) is 5.23. The van der Waals surface area contributed by atoms with Crippen molar-refractivity contribution >= 4 is 32.5 Å². The number of benzene rings is 1. The van der Waals surface area contributed by atoms with Crippen LogP contribution in [0.2, 0.25) is 0 Å². The zero-order valence-corrected chi connectivity index (χ0v) is 15.9. The van der Waals surface area contributed by atoms with E-state index in [1.54, 1.807) is 6.20 Å².